The zero-order valence-corrected chi connectivity index (χ0v) is 9.90. The molecule has 0 radical (unpaired) electrons. The Morgan fingerprint density at radius 3 is 3.00 bits per heavy atom. The third-order valence-electron chi connectivity index (χ3n) is 2.36. The van der Waals surface area contributed by atoms with Gasteiger partial charge in [0.05, 0.1) is 11.6 Å². The first kappa shape index (κ1) is 10.2. The molecule has 3 aromatic heterocycles. The van der Waals surface area contributed by atoms with Crippen molar-refractivity contribution in [2.75, 3.05) is 5.43 Å². The van der Waals surface area contributed by atoms with Crippen molar-refractivity contribution in [2.45, 2.75) is 6.92 Å². The molecule has 86 valence electrons. The Morgan fingerprint density at radius 2 is 2.29 bits per heavy atom. The molecule has 3 N–H and O–H groups in total. The molecule has 0 aliphatic heterocycles. The van der Waals surface area contributed by atoms with E-state index in [4.69, 9.17) is 5.84 Å². The van der Waals surface area contributed by atoms with E-state index in [1.807, 2.05) is 24.6 Å². The molecule has 0 aromatic carbocycles. The predicted molar refractivity (Wildman–Crippen MR) is 67.1 cm³/mol. The van der Waals surface area contributed by atoms with Crippen LogP contribution in [0.3, 0.4) is 0 Å². The number of hydrogen-bond donors (Lipinski definition) is 2. The number of hydrazine groups is 1. The largest absolute Gasteiger partial charge is 0.292 e. The van der Waals surface area contributed by atoms with Gasteiger partial charge in [0.1, 0.15) is 4.83 Å². The van der Waals surface area contributed by atoms with Gasteiger partial charge < -0.3 is 0 Å². The van der Waals surface area contributed by atoms with Crippen molar-refractivity contribution >= 4 is 27.5 Å². The van der Waals surface area contributed by atoms with Crippen molar-refractivity contribution in [3.8, 4) is 5.82 Å². The van der Waals surface area contributed by atoms with Crippen molar-refractivity contribution in [2.24, 2.45) is 5.84 Å². The summed E-state index contributed by atoms with van der Waals surface area (Å²) in [7, 11) is 0. The highest BCUT2D eigenvalue weighted by Gasteiger charge is 2.10. The molecule has 0 spiro atoms. The van der Waals surface area contributed by atoms with E-state index >= 15 is 0 Å². The van der Waals surface area contributed by atoms with E-state index in [1.54, 1.807) is 22.2 Å². The lowest BCUT2D eigenvalue weighted by molar-refractivity contribution is 0.851. The number of nitrogens with zero attached hydrogens (tertiary/aromatic N) is 4. The van der Waals surface area contributed by atoms with Gasteiger partial charge in [0.2, 0.25) is 5.95 Å². The lowest BCUT2D eigenvalue weighted by Gasteiger charge is -2.04. The van der Waals surface area contributed by atoms with Gasteiger partial charge in [-0.05, 0) is 23.9 Å². The lowest BCUT2D eigenvalue weighted by atomic mass is 10.4. The summed E-state index contributed by atoms with van der Waals surface area (Å²) in [6.45, 7) is 1.98. The van der Waals surface area contributed by atoms with Crippen molar-refractivity contribution in [3.05, 3.63) is 29.4 Å². The second-order valence-corrected chi connectivity index (χ2v) is 4.51. The number of nitrogens with one attached hydrogen (secondary N) is 1. The van der Waals surface area contributed by atoms with Gasteiger partial charge in [-0.15, -0.1) is 11.3 Å². The molecule has 0 fully saturated rings. The molecule has 0 unspecified atom stereocenters. The van der Waals surface area contributed by atoms with E-state index in [-0.39, 0.29) is 0 Å². The lowest BCUT2D eigenvalue weighted by Crippen LogP contribution is -2.12. The molecule has 6 nitrogen and oxygen atoms in total. The molecule has 0 amide bonds. The molecule has 0 aliphatic rings. The number of fused-ring (bicyclic) bond motifs is 1. The maximum atomic E-state index is 5.36. The van der Waals surface area contributed by atoms with Crippen LogP contribution in [0.2, 0.25) is 0 Å². The zero-order valence-electron chi connectivity index (χ0n) is 9.08. The number of nitrogens with two attached hydrogens (primary N) is 1. The highest BCUT2D eigenvalue weighted by Crippen LogP contribution is 2.25. The Morgan fingerprint density at radius 1 is 1.41 bits per heavy atom. The van der Waals surface area contributed by atoms with Crippen LogP contribution in [0.15, 0.2) is 23.8 Å². The normalized spacial score (nSPS) is 10.9. The third kappa shape index (κ3) is 1.65. The summed E-state index contributed by atoms with van der Waals surface area (Å²) in [5.74, 6) is 6.49. The van der Waals surface area contributed by atoms with Gasteiger partial charge in [0.25, 0.3) is 0 Å². The Kier molecular flexibility index (Phi) is 2.27. The minimum Gasteiger partial charge on any atom is -0.292 e. The van der Waals surface area contributed by atoms with Crippen molar-refractivity contribution in [1.29, 1.82) is 0 Å². The van der Waals surface area contributed by atoms with Crippen LogP contribution in [0.25, 0.3) is 16.0 Å². The highest BCUT2D eigenvalue weighted by atomic mass is 32.1. The predicted octanol–water partition coefficient (Wildman–Crippen LogP) is 1.47. The molecule has 0 aliphatic carbocycles. The molecule has 0 atom stereocenters. The molecule has 0 saturated heterocycles. The summed E-state index contributed by atoms with van der Waals surface area (Å²) in [5, 5.41) is 7.19. The van der Waals surface area contributed by atoms with Crippen LogP contribution in [0.1, 0.15) is 5.56 Å². The van der Waals surface area contributed by atoms with E-state index in [2.05, 4.69) is 20.5 Å². The van der Waals surface area contributed by atoms with Gasteiger partial charge >= 0.3 is 0 Å². The van der Waals surface area contributed by atoms with Gasteiger partial charge in [-0.2, -0.15) is 10.1 Å². The van der Waals surface area contributed by atoms with Crippen molar-refractivity contribution < 1.29 is 0 Å². The highest BCUT2D eigenvalue weighted by molar-refractivity contribution is 7.16. The smallest absolute Gasteiger partial charge is 0.240 e. The van der Waals surface area contributed by atoms with Crippen molar-refractivity contribution in [1.82, 2.24) is 19.7 Å². The molecule has 0 saturated carbocycles. The van der Waals surface area contributed by atoms with Gasteiger partial charge in [0, 0.05) is 6.20 Å². The number of anilines is 1. The first-order valence-electron chi connectivity index (χ1n) is 5.01. The number of hydrogen-bond acceptors (Lipinski definition) is 6. The fraction of sp³-hybridized carbons (Fsp3) is 0.100. The fourth-order valence-corrected chi connectivity index (χ4v) is 2.37. The molecule has 7 heteroatoms. The summed E-state index contributed by atoms with van der Waals surface area (Å²) >= 11 is 1.54. The zero-order chi connectivity index (χ0) is 11.8. The number of aromatic nitrogens is 4. The van der Waals surface area contributed by atoms with Gasteiger partial charge in [-0.1, -0.05) is 0 Å². The van der Waals surface area contributed by atoms with E-state index in [9.17, 15) is 0 Å². The van der Waals surface area contributed by atoms with Gasteiger partial charge in [-0.3, -0.25) is 5.43 Å². The molecule has 3 rings (SSSR count). The second-order valence-electron chi connectivity index (χ2n) is 3.62. The maximum absolute atomic E-state index is 5.36. The monoisotopic (exact) mass is 246 g/mol. The van der Waals surface area contributed by atoms with E-state index in [0.29, 0.717) is 5.95 Å². The number of nitrogen functional groups attached to an aromatic ring is 1. The summed E-state index contributed by atoms with van der Waals surface area (Å²) in [5.41, 5.74) is 3.55. The Bertz CT molecular complexity index is 670. The first-order chi connectivity index (χ1) is 8.28. The summed E-state index contributed by atoms with van der Waals surface area (Å²) in [6.07, 6.45) is 3.70. The standard InChI is InChI=1S/C10H10N6S/c1-6-4-12-16(5-6)8-7-2-3-17-9(7)14-10(13-8)15-11/h2-5H,11H2,1H3,(H,13,14,15). The van der Waals surface area contributed by atoms with Gasteiger partial charge in [-0.25, -0.2) is 15.5 Å². The number of thiophene rings is 1. The topological polar surface area (TPSA) is 81.7 Å². The Hall–Kier alpha value is -1.99. The van der Waals surface area contributed by atoms with Gasteiger partial charge in [0.15, 0.2) is 5.82 Å². The average molecular weight is 246 g/mol. The molecule has 3 heterocycles. The molecular formula is C10H10N6S. The number of aryl methyl sites for hydroxylation is 1. The Balaban J connectivity index is 2.29. The second kappa shape index (κ2) is 3.79. The minimum absolute atomic E-state index is 0.392. The van der Waals surface area contributed by atoms with Crippen LogP contribution in [0.5, 0.6) is 0 Å². The quantitative estimate of drug-likeness (QED) is 0.528. The summed E-state index contributed by atoms with van der Waals surface area (Å²) in [4.78, 5) is 9.50. The van der Waals surface area contributed by atoms with E-state index in [1.165, 1.54) is 0 Å². The summed E-state index contributed by atoms with van der Waals surface area (Å²) in [6, 6.07) is 1.98. The van der Waals surface area contributed by atoms with Crippen LogP contribution in [-0.4, -0.2) is 19.7 Å². The van der Waals surface area contributed by atoms with Crippen molar-refractivity contribution in [3.63, 3.8) is 0 Å². The maximum Gasteiger partial charge on any atom is 0.240 e. The minimum atomic E-state index is 0.392. The van der Waals surface area contributed by atoms with Crippen LogP contribution >= 0.6 is 11.3 Å². The Labute approximate surface area is 101 Å². The van der Waals surface area contributed by atoms with E-state index < -0.39 is 0 Å². The molecule has 3 aromatic rings. The van der Waals surface area contributed by atoms with Crippen LogP contribution in [0.4, 0.5) is 5.95 Å². The molecule has 17 heavy (non-hydrogen) atoms. The first-order valence-corrected chi connectivity index (χ1v) is 5.89. The summed E-state index contributed by atoms with van der Waals surface area (Å²) < 4.78 is 1.73. The van der Waals surface area contributed by atoms with Crippen LogP contribution in [0, 0.1) is 6.92 Å². The fourth-order valence-electron chi connectivity index (χ4n) is 1.61. The third-order valence-corrected chi connectivity index (χ3v) is 3.17. The van der Waals surface area contributed by atoms with E-state index in [0.717, 1.165) is 21.6 Å². The molecular weight excluding hydrogens is 236 g/mol. The SMILES string of the molecule is Cc1cnn(-c2nc(NN)nc3sccc23)c1. The van der Waals surface area contributed by atoms with Crippen LogP contribution < -0.4 is 11.3 Å². The van der Waals surface area contributed by atoms with Crippen LogP contribution in [-0.2, 0) is 0 Å². The molecule has 0 bridgehead atoms. The number of rotatable bonds is 2. The average Bonchev–Trinajstić information content (AvgIpc) is 2.95.